The van der Waals surface area contributed by atoms with Gasteiger partial charge < -0.3 is 5.11 Å². The molecule has 74 valence electrons. The molecule has 15 heavy (non-hydrogen) atoms. The van der Waals surface area contributed by atoms with Gasteiger partial charge in [-0.05, 0) is 0 Å². The summed E-state index contributed by atoms with van der Waals surface area (Å²) in [5.74, 6) is -1.34. The summed E-state index contributed by atoms with van der Waals surface area (Å²) in [6.45, 7) is 0. The Hall–Kier alpha value is -2.23. The van der Waals surface area contributed by atoms with Crippen LogP contribution in [-0.2, 0) is 0 Å². The van der Waals surface area contributed by atoms with Gasteiger partial charge in [-0.25, -0.2) is 0 Å². The van der Waals surface area contributed by atoms with Gasteiger partial charge >= 0.3 is 0 Å². The Bertz CT molecular complexity index is 589. The summed E-state index contributed by atoms with van der Waals surface area (Å²) in [6, 6.07) is 8.02. The maximum Gasteiger partial charge on any atom is 0.268 e. The summed E-state index contributed by atoms with van der Waals surface area (Å²) in [5.41, 5.74) is -2.04. The average Bonchev–Trinajstić information content (AvgIpc) is 2.30. The topological polar surface area (TPSA) is 71.4 Å². The van der Waals surface area contributed by atoms with Crippen molar-refractivity contribution in [2.45, 2.75) is 0 Å². The third-order valence-electron chi connectivity index (χ3n) is 2.15. The van der Waals surface area contributed by atoms with Crippen LogP contribution in [0.25, 0.3) is 0 Å². The van der Waals surface area contributed by atoms with E-state index in [2.05, 4.69) is 0 Å². The Labute approximate surface area is 84.1 Å². The van der Waals surface area contributed by atoms with Crippen LogP contribution in [0.4, 0.5) is 0 Å². The lowest BCUT2D eigenvalue weighted by Crippen LogP contribution is -2.37. The monoisotopic (exact) mass is 202 g/mol. The van der Waals surface area contributed by atoms with Crippen LogP contribution in [-0.4, -0.2) is 10.9 Å². The normalized spacial score (nSPS) is 10.4. The number of carbonyl (C=O) groups is 1. The molecule has 2 rings (SSSR count). The summed E-state index contributed by atoms with van der Waals surface area (Å²) < 4.78 is 0. The molecule has 0 fully saturated rings. The number of carbonyl (C=O) groups excluding carboxylic acids is 1. The van der Waals surface area contributed by atoms with Crippen molar-refractivity contribution in [2.24, 2.45) is 0 Å². The van der Waals surface area contributed by atoms with Crippen LogP contribution in [0.5, 0.6) is 5.75 Å². The first kappa shape index (κ1) is 9.33. The van der Waals surface area contributed by atoms with E-state index in [1.165, 1.54) is 12.1 Å². The Morgan fingerprint density at radius 3 is 2.13 bits per heavy atom. The molecule has 0 bridgehead atoms. The molecule has 0 aromatic heterocycles. The van der Waals surface area contributed by atoms with E-state index in [-0.39, 0.29) is 5.56 Å². The molecule has 0 heterocycles. The zero-order valence-electron chi connectivity index (χ0n) is 7.56. The molecule has 0 unspecified atom stereocenters. The molecule has 4 nitrogen and oxygen atoms in total. The fraction of sp³-hybridized carbons (Fsp3) is 0. The number of benzene rings is 1. The smallest absolute Gasteiger partial charge is 0.268 e. The number of aromatic hydroxyl groups is 1. The van der Waals surface area contributed by atoms with Crippen LogP contribution in [0.2, 0.25) is 0 Å². The lowest BCUT2D eigenvalue weighted by Gasteiger charge is -2.03. The fourth-order valence-electron chi connectivity index (χ4n) is 1.32. The molecule has 4 heteroatoms. The van der Waals surface area contributed by atoms with Crippen molar-refractivity contribution < 1.29 is 9.90 Å². The van der Waals surface area contributed by atoms with Gasteiger partial charge in [-0.1, -0.05) is 30.3 Å². The molecule has 1 N–H and O–H groups in total. The average molecular weight is 202 g/mol. The van der Waals surface area contributed by atoms with Crippen LogP contribution in [0.15, 0.2) is 39.9 Å². The van der Waals surface area contributed by atoms with E-state index in [1.54, 1.807) is 18.2 Å². The Morgan fingerprint density at radius 2 is 1.60 bits per heavy atom. The van der Waals surface area contributed by atoms with Gasteiger partial charge in [0.25, 0.3) is 5.43 Å². The first-order chi connectivity index (χ1) is 7.13. The maximum absolute atomic E-state index is 11.6. The van der Waals surface area contributed by atoms with Gasteiger partial charge in [0.15, 0.2) is 5.75 Å². The quantitative estimate of drug-likeness (QED) is 0.558. The summed E-state index contributed by atoms with van der Waals surface area (Å²) >= 11 is 0. The molecule has 0 aliphatic carbocycles. The Balaban J connectivity index is 2.48. The largest absolute Gasteiger partial charge is 0.503 e. The van der Waals surface area contributed by atoms with Gasteiger partial charge in [-0.15, -0.1) is 0 Å². The third kappa shape index (κ3) is 1.27. The van der Waals surface area contributed by atoms with Crippen LogP contribution in [0, 0.1) is 0 Å². The highest BCUT2D eigenvalue weighted by atomic mass is 16.3. The molecule has 0 aliphatic rings. The van der Waals surface area contributed by atoms with E-state index in [0.29, 0.717) is 0 Å². The molecular formula is C11H6O4. The molecule has 0 amide bonds. The molecule has 0 radical (unpaired) electrons. The minimum atomic E-state index is -0.991. The van der Waals surface area contributed by atoms with Crippen molar-refractivity contribution >= 4 is 5.78 Å². The van der Waals surface area contributed by atoms with Gasteiger partial charge in [-0.2, -0.15) is 0 Å². The minimum absolute atomic E-state index is 0.278. The Kier molecular flexibility index (Phi) is 1.97. The van der Waals surface area contributed by atoms with Crippen molar-refractivity contribution in [2.75, 3.05) is 0 Å². The predicted molar refractivity (Wildman–Crippen MR) is 52.9 cm³/mol. The fourth-order valence-corrected chi connectivity index (χ4v) is 1.32. The van der Waals surface area contributed by atoms with Gasteiger partial charge in [0.05, 0.1) is 0 Å². The highest BCUT2D eigenvalue weighted by Gasteiger charge is 2.26. The summed E-state index contributed by atoms with van der Waals surface area (Å²) in [6.07, 6.45) is 0. The van der Waals surface area contributed by atoms with E-state index < -0.39 is 28.0 Å². The number of hydrogen-bond acceptors (Lipinski definition) is 4. The second-order valence-corrected chi connectivity index (χ2v) is 3.08. The second kappa shape index (κ2) is 3.16. The number of hydrogen-bond donors (Lipinski definition) is 1. The molecule has 0 saturated heterocycles. The van der Waals surface area contributed by atoms with Gasteiger partial charge in [0, 0.05) is 5.56 Å². The van der Waals surface area contributed by atoms with Crippen molar-refractivity contribution in [1.29, 1.82) is 0 Å². The molecule has 2 aromatic carbocycles. The van der Waals surface area contributed by atoms with E-state index in [1.807, 2.05) is 0 Å². The third-order valence-corrected chi connectivity index (χ3v) is 2.15. The molecule has 0 spiro atoms. The van der Waals surface area contributed by atoms with E-state index in [4.69, 9.17) is 5.11 Å². The second-order valence-electron chi connectivity index (χ2n) is 3.08. The first-order valence-corrected chi connectivity index (χ1v) is 4.25. The standard InChI is InChI=1S/C11H6O4/c12-8(6-4-2-1-3-5-6)7-9(13)11(15)10(7)14/h1-5,13H. The van der Waals surface area contributed by atoms with Crippen LogP contribution < -0.4 is 10.9 Å². The SMILES string of the molecule is O=C(c1ccccc1)c1c(O)c(=O)c1=O. The molecule has 0 atom stereocenters. The number of ketones is 1. The van der Waals surface area contributed by atoms with Gasteiger partial charge in [0.2, 0.25) is 11.2 Å². The van der Waals surface area contributed by atoms with Crippen molar-refractivity contribution in [3.63, 3.8) is 0 Å². The first-order valence-electron chi connectivity index (χ1n) is 4.25. The van der Waals surface area contributed by atoms with Crippen LogP contribution in [0.1, 0.15) is 15.9 Å². The van der Waals surface area contributed by atoms with Crippen molar-refractivity contribution in [3.05, 3.63) is 61.9 Å². The zero-order chi connectivity index (χ0) is 11.0. The lowest BCUT2D eigenvalue weighted by molar-refractivity contribution is 0.103. The summed E-state index contributed by atoms with van der Waals surface area (Å²) in [5, 5.41) is 9.07. The minimum Gasteiger partial charge on any atom is -0.503 e. The summed E-state index contributed by atoms with van der Waals surface area (Å²) in [7, 11) is 0. The van der Waals surface area contributed by atoms with Crippen LogP contribution in [0.3, 0.4) is 0 Å². The highest BCUT2D eigenvalue weighted by Crippen LogP contribution is 2.14. The molecule has 2 aromatic rings. The molecular weight excluding hydrogens is 196 g/mol. The van der Waals surface area contributed by atoms with E-state index in [0.717, 1.165) is 0 Å². The zero-order valence-corrected chi connectivity index (χ0v) is 7.56. The Morgan fingerprint density at radius 1 is 1.00 bits per heavy atom. The summed E-state index contributed by atoms with van der Waals surface area (Å²) in [4.78, 5) is 33.3. The highest BCUT2D eigenvalue weighted by molar-refractivity contribution is 6.11. The van der Waals surface area contributed by atoms with Crippen LogP contribution >= 0.6 is 0 Å². The predicted octanol–water partition coefficient (Wildman–Crippen LogP) is 0.219. The van der Waals surface area contributed by atoms with Crippen molar-refractivity contribution in [1.82, 2.24) is 0 Å². The maximum atomic E-state index is 11.6. The van der Waals surface area contributed by atoms with E-state index in [9.17, 15) is 14.4 Å². The van der Waals surface area contributed by atoms with Gasteiger partial charge in [0.1, 0.15) is 5.56 Å². The molecule has 0 saturated carbocycles. The lowest BCUT2D eigenvalue weighted by atomic mass is 9.99. The molecule has 0 aliphatic heterocycles. The van der Waals surface area contributed by atoms with Crippen molar-refractivity contribution in [3.8, 4) is 5.75 Å². The van der Waals surface area contributed by atoms with E-state index >= 15 is 0 Å². The number of rotatable bonds is 2. The van der Waals surface area contributed by atoms with Gasteiger partial charge in [-0.3, -0.25) is 14.4 Å².